The lowest BCUT2D eigenvalue weighted by molar-refractivity contribution is -0.143. The molecule has 4 nitrogen and oxygen atoms in total. The van der Waals surface area contributed by atoms with Crippen LogP contribution in [0.15, 0.2) is 84.9 Å². The highest BCUT2D eigenvalue weighted by Crippen LogP contribution is 2.29. The van der Waals surface area contributed by atoms with Gasteiger partial charge in [-0.1, -0.05) is 72.8 Å². The molecule has 0 unspecified atom stereocenters. The Morgan fingerprint density at radius 2 is 1.32 bits per heavy atom. The van der Waals surface area contributed by atoms with E-state index >= 15 is 0 Å². The number of hydrogen-bond donors (Lipinski definition) is 1. The molecule has 0 spiro atoms. The Labute approximate surface area is 163 Å². The standard InChI is InChI=1S/C23H20FNO3/c1-28-23(27)21(25-22(26)18-14-8-9-15-19(18)24)20(16-10-4-2-5-11-16)17-12-6-3-7-13-17/h2-15,20-21H,1H3,(H,25,26)/t21-/m0/s1. The summed E-state index contributed by atoms with van der Waals surface area (Å²) in [5.74, 6) is -2.43. The van der Waals surface area contributed by atoms with E-state index in [0.29, 0.717) is 0 Å². The molecule has 1 N–H and O–H groups in total. The number of hydrogen-bond acceptors (Lipinski definition) is 3. The van der Waals surface area contributed by atoms with E-state index in [-0.39, 0.29) is 5.56 Å². The summed E-state index contributed by atoms with van der Waals surface area (Å²) in [6.07, 6.45) is 0. The van der Waals surface area contributed by atoms with Crippen LogP contribution in [0.2, 0.25) is 0 Å². The number of rotatable bonds is 6. The maximum atomic E-state index is 14.0. The molecular weight excluding hydrogens is 357 g/mol. The Morgan fingerprint density at radius 3 is 1.82 bits per heavy atom. The van der Waals surface area contributed by atoms with Crippen molar-refractivity contribution in [3.05, 3.63) is 107 Å². The average molecular weight is 377 g/mol. The zero-order valence-corrected chi connectivity index (χ0v) is 15.3. The van der Waals surface area contributed by atoms with Gasteiger partial charge < -0.3 is 10.1 Å². The van der Waals surface area contributed by atoms with Crippen molar-refractivity contribution in [2.75, 3.05) is 7.11 Å². The fourth-order valence-electron chi connectivity index (χ4n) is 3.17. The molecule has 0 heterocycles. The van der Waals surface area contributed by atoms with Gasteiger partial charge in [-0.3, -0.25) is 4.79 Å². The number of nitrogens with one attached hydrogen (secondary N) is 1. The van der Waals surface area contributed by atoms with Gasteiger partial charge in [0.05, 0.1) is 12.7 Å². The Balaban J connectivity index is 2.03. The molecule has 0 aliphatic carbocycles. The SMILES string of the molecule is COC(=O)[C@@H](NC(=O)c1ccccc1F)C(c1ccccc1)c1ccccc1. The number of benzene rings is 3. The molecule has 0 bridgehead atoms. The van der Waals surface area contributed by atoms with Gasteiger partial charge in [0.1, 0.15) is 11.9 Å². The van der Waals surface area contributed by atoms with Crippen molar-refractivity contribution in [1.82, 2.24) is 5.32 Å². The minimum Gasteiger partial charge on any atom is -0.467 e. The predicted octanol–water partition coefficient (Wildman–Crippen LogP) is 3.93. The predicted molar refractivity (Wildman–Crippen MR) is 104 cm³/mol. The number of amides is 1. The molecule has 5 heteroatoms. The summed E-state index contributed by atoms with van der Waals surface area (Å²) in [5.41, 5.74) is 1.53. The highest BCUT2D eigenvalue weighted by molar-refractivity contribution is 5.97. The molecule has 0 saturated carbocycles. The largest absolute Gasteiger partial charge is 0.467 e. The number of ether oxygens (including phenoxy) is 1. The summed E-state index contributed by atoms with van der Waals surface area (Å²) >= 11 is 0. The fraction of sp³-hybridized carbons (Fsp3) is 0.130. The van der Waals surface area contributed by atoms with Crippen LogP contribution in [0, 0.1) is 5.82 Å². The minimum absolute atomic E-state index is 0.128. The Hall–Kier alpha value is -3.47. The summed E-state index contributed by atoms with van der Waals surface area (Å²) in [4.78, 5) is 25.3. The lowest BCUT2D eigenvalue weighted by atomic mass is 9.84. The van der Waals surface area contributed by atoms with Crippen LogP contribution >= 0.6 is 0 Å². The minimum atomic E-state index is -1.03. The van der Waals surface area contributed by atoms with Crippen molar-refractivity contribution in [3.8, 4) is 0 Å². The van der Waals surface area contributed by atoms with Gasteiger partial charge in [-0.05, 0) is 23.3 Å². The number of methoxy groups -OCH3 is 1. The van der Waals surface area contributed by atoms with E-state index in [1.54, 1.807) is 6.07 Å². The van der Waals surface area contributed by atoms with E-state index < -0.39 is 29.7 Å². The second kappa shape index (κ2) is 8.95. The Kier molecular flexibility index (Phi) is 6.17. The summed E-state index contributed by atoms with van der Waals surface area (Å²) < 4.78 is 19.0. The average Bonchev–Trinajstić information content (AvgIpc) is 2.74. The number of esters is 1. The zero-order valence-electron chi connectivity index (χ0n) is 15.3. The molecule has 0 aliphatic heterocycles. The topological polar surface area (TPSA) is 55.4 Å². The molecule has 3 aromatic rings. The van der Waals surface area contributed by atoms with E-state index in [0.717, 1.165) is 11.1 Å². The first-order chi connectivity index (χ1) is 13.6. The van der Waals surface area contributed by atoms with Crippen molar-refractivity contribution >= 4 is 11.9 Å². The second-order valence-corrected chi connectivity index (χ2v) is 6.25. The summed E-state index contributed by atoms with van der Waals surface area (Å²) in [5, 5.41) is 2.67. The maximum absolute atomic E-state index is 14.0. The van der Waals surface area contributed by atoms with Crippen molar-refractivity contribution in [2.24, 2.45) is 0 Å². The van der Waals surface area contributed by atoms with Gasteiger partial charge in [-0.25, -0.2) is 9.18 Å². The van der Waals surface area contributed by atoms with Gasteiger partial charge in [-0.2, -0.15) is 0 Å². The van der Waals surface area contributed by atoms with Crippen molar-refractivity contribution in [3.63, 3.8) is 0 Å². The van der Waals surface area contributed by atoms with E-state index in [2.05, 4.69) is 5.32 Å². The molecule has 0 saturated heterocycles. The molecule has 0 aliphatic rings. The van der Waals surface area contributed by atoms with E-state index in [1.807, 2.05) is 60.7 Å². The van der Waals surface area contributed by atoms with Crippen molar-refractivity contribution in [1.29, 1.82) is 0 Å². The molecule has 1 atom stereocenters. The van der Waals surface area contributed by atoms with Gasteiger partial charge >= 0.3 is 5.97 Å². The van der Waals surface area contributed by atoms with Gasteiger partial charge in [0.15, 0.2) is 0 Å². The molecule has 0 radical (unpaired) electrons. The highest BCUT2D eigenvalue weighted by Gasteiger charge is 2.33. The fourth-order valence-corrected chi connectivity index (χ4v) is 3.17. The zero-order chi connectivity index (χ0) is 19.9. The smallest absolute Gasteiger partial charge is 0.329 e. The molecule has 0 fully saturated rings. The lowest BCUT2D eigenvalue weighted by Crippen LogP contribution is -2.46. The Morgan fingerprint density at radius 1 is 0.821 bits per heavy atom. The highest BCUT2D eigenvalue weighted by atomic mass is 19.1. The molecule has 3 aromatic carbocycles. The van der Waals surface area contributed by atoms with E-state index in [4.69, 9.17) is 4.74 Å². The third-order valence-electron chi connectivity index (χ3n) is 4.51. The van der Waals surface area contributed by atoms with Crippen LogP contribution in [0.4, 0.5) is 4.39 Å². The number of carbonyl (C=O) groups is 2. The van der Waals surface area contributed by atoms with Crippen LogP contribution in [0.5, 0.6) is 0 Å². The van der Waals surface area contributed by atoms with Crippen LogP contribution in [0.1, 0.15) is 27.4 Å². The second-order valence-electron chi connectivity index (χ2n) is 6.25. The third kappa shape index (κ3) is 4.26. The Bertz CT molecular complexity index is 905. The number of carbonyl (C=O) groups excluding carboxylic acids is 2. The molecule has 3 rings (SSSR count). The summed E-state index contributed by atoms with van der Waals surface area (Å²) in [7, 11) is 1.26. The molecule has 0 aromatic heterocycles. The van der Waals surface area contributed by atoms with Crippen molar-refractivity contribution in [2.45, 2.75) is 12.0 Å². The molecule has 1 amide bonds. The third-order valence-corrected chi connectivity index (χ3v) is 4.51. The molecular formula is C23H20FNO3. The summed E-state index contributed by atoms with van der Waals surface area (Å²) in [6.45, 7) is 0. The monoisotopic (exact) mass is 377 g/mol. The molecule has 142 valence electrons. The van der Waals surface area contributed by atoms with Gasteiger partial charge in [-0.15, -0.1) is 0 Å². The van der Waals surface area contributed by atoms with Crippen LogP contribution in [0.25, 0.3) is 0 Å². The van der Waals surface area contributed by atoms with Crippen LogP contribution in [0.3, 0.4) is 0 Å². The van der Waals surface area contributed by atoms with Gasteiger partial charge in [0.25, 0.3) is 5.91 Å². The normalized spacial score (nSPS) is 11.7. The van der Waals surface area contributed by atoms with Gasteiger partial charge in [0.2, 0.25) is 0 Å². The first-order valence-electron chi connectivity index (χ1n) is 8.85. The molecule has 28 heavy (non-hydrogen) atoms. The maximum Gasteiger partial charge on any atom is 0.329 e. The van der Waals surface area contributed by atoms with E-state index in [9.17, 15) is 14.0 Å². The van der Waals surface area contributed by atoms with Crippen LogP contribution < -0.4 is 5.32 Å². The lowest BCUT2D eigenvalue weighted by Gasteiger charge is -2.27. The summed E-state index contributed by atoms with van der Waals surface area (Å²) in [6, 6.07) is 23.3. The van der Waals surface area contributed by atoms with Gasteiger partial charge in [0, 0.05) is 5.92 Å². The number of halogens is 1. The van der Waals surface area contributed by atoms with E-state index in [1.165, 1.54) is 25.3 Å². The first-order valence-corrected chi connectivity index (χ1v) is 8.85. The van der Waals surface area contributed by atoms with Crippen molar-refractivity contribution < 1.29 is 18.7 Å². The van der Waals surface area contributed by atoms with Crippen LogP contribution in [-0.4, -0.2) is 25.0 Å². The first kappa shape index (κ1) is 19.3. The van der Waals surface area contributed by atoms with Crippen LogP contribution in [-0.2, 0) is 9.53 Å². The quantitative estimate of drug-likeness (QED) is 0.662.